The van der Waals surface area contributed by atoms with Crippen LogP contribution in [0.1, 0.15) is 36.9 Å². The third kappa shape index (κ3) is 3.56. The summed E-state index contributed by atoms with van der Waals surface area (Å²) in [4.78, 5) is 0. The van der Waals surface area contributed by atoms with Gasteiger partial charge in [-0.05, 0) is 32.3 Å². The van der Waals surface area contributed by atoms with Gasteiger partial charge in [0, 0.05) is 12.1 Å². The third-order valence-electron chi connectivity index (χ3n) is 3.58. The predicted molar refractivity (Wildman–Crippen MR) is 74.4 cm³/mol. The molecule has 0 saturated carbocycles. The Balaban J connectivity index is 1.94. The fourth-order valence-electron chi connectivity index (χ4n) is 2.45. The van der Waals surface area contributed by atoms with Gasteiger partial charge in [-0.2, -0.15) is 0 Å². The lowest BCUT2D eigenvalue weighted by Crippen LogP contribution is -2.38. The molecule has 3 nitrogen and oxygen atoms in total. The molecule has 1 aromatic carbocycles. The molecule has 0 spiro atoms. The molecule has 1 saturated heterocycles. The number of nitrogens with one attached hydrogen (secondary N) is 1. The first kappa shape index (κ1) is 13.6. The summed E-state index contributed by atoms with van der Waals surface area (Å²) in [6, 6.07) is 9.04. The van der Waals surface area contributed by atoms with Crippen molar-refractivity contribution in [2.75, 3.05) is 11.5 Å². The molecule has 0 aromatic heterocycles. The molecule has 2 rings (SSSR count). The molecule has 0 amide bonds. The van der Waals surface area contributed by atoms with Gasteiger partial charge in [0.15, 0.2) is 0 Å². The van der Waals surface area contributed by atoms with E-state index in [4.69, 9.17) is 0 Å². The van der Waals surface area contributed by atoms with Crippen molar-refractivity contribution < 1.29 is 8.42 Å². The van der Waals surface area contributed by atoms with E-state index in [9.17, 15) is 8.42 Å². The Bertz CT molecular complexity index is 496. The van der Waals surface area contributed by atoms with E-state index in [1.165, 1.54) is 11.1 Å². The second kappa shape index (κ2) is 5.41. The molecular formula is C14H21NO2S. The lowest BCUT2D eigenvalue weighted by Gasteiger charge is -2.27. The fourth-order valence-corrected chi connectivity index (χ4v) is 3.94. The van der Waals surface area contributed by atoms with Crippen molar-refractivity contribution in [3.63, 3.8) is 0 Å². The number of hydrogen-bond acceptors (Lipinski definition) is 3. The van der Waals surface area contributed by atoms with Gasteiger partial charge in [-0.3, -0.25) is 0 Å². The van der Waals surface area contributed by atoms with Crippen molar-refractivity contribution in [2.24, 2.45) is 0 Å². The SMILES string of the molecule is Cc1cccc([C@@H](C)NC2CCS(=O)(=O)CC2)c1. The van der Waals surface area contributed by atoms with Gasteiger partial charge in [-0.25, -0.2) is 8.42 Å². The third-order valence-corrected chi connectivity index (χ3v) is 5.30. The van der Waals surface area contributed by atoms with E-state index in [2.05, 4.69) is 43.4 Å². The fraction of sp³-hybridized carbons (Fsp3) is 0.571. The van der Waals surface area contributed by atoms with Gasteiger partial charge < -0.3 is 5.32 Å². The van der Waals surface area contributed by atoms with Crippen molar-refractivity contribution in [1.82, 2.24) is 5.32 Å². The minimum absolute atomic E-state index is 0.274. The van der Waals surface area contributed by atoms with E-state index in [1.54, 1.807) is 0 Å². The molecule has 100 valence electrons. The smallest absolute Gasteiger partial charge is 0.150 e. The number of rotatable bonds is 3. The maximum atomic E-state index is 11.4. The van der Waals surface area contributed by atoms with Gasteiger partial charge in [-0.15, -0.1) is 0 Å². The van der Waals surface area contributed by atoms with Gasteiger partial charge >= 0.3 is 0 Å². The van der Waals surface area contributed by atoms with Crippen molar-refractivity contribution in [3.8, 4) is 0 Å². The first-order valence-electron chi connectivity index (χ1n) is 6.49. The van der Waals surface area contributed by atoms with Crippen LogP contribution >= 0.6 is 0 Å². The van der Waals surface area contributed by atoms with Crippen LogP contribution in [0, 0.1) is 6.92 Å². The Kier molecular flexibility index (Phi) is 4.07. The van der Waals surface area contributed by atoms with E-state index in [-0.39, 0.29) is 6.04 Å². The molecule has 4 heteroatoms. The summed E-state index contributed by atoms with van der Waals surface area (Å²) >= 11 is 0. The molecule has 1 aromatic rings. The second-order valence-electron chi connectivity index (χ2n) is 5.23. The molecule has 0 bridgehead atoms. The van der Waals surface area contributed by atoms with E-state index in [0.29, 0.717) is 17.5 Å². The Labute approximate surface area is 110 Å². The highest BCUT2D eigenvalue weighted by molar-refractivity contribution is 7.91. The summed E-state index contributed by atoms with van der Waals surface area (Å²) in [5.41, 5.74) is 2.52. The van der Waals surface area contributed by atoms with Gasteiger partial charge in [0.2, 0.25) is 0 Å². The molecule has 0 radical (unpaired) electrons. The summed E-state index contributed by atoms with van der Waals surface area (Å²) in [6.45, 7) is 4.22. The van der Waals surface area contributed by atoms with Crippen molar-refractivity contribution in [1.29, 1.82) is 0 Å². The highest BCUT2D eigenvalue weighted by Gasteiger charge is 2.24. The number of sulfone groups is 1. The molecule has 0 aliphatic carbocycles. The monoisotopic (exact) mass is 267 g/mol. The molecule has 18 heavy (non-hydrogen) atoms. The van der Waals surface area contributed by atoms with E-state index >= 15 is 0 Å². The summed E-state index contributed by atoms with van der Waals surface area (Å²) < 4.78 is 22.7. The maximum Gasteiger partial charge on any atom is 0.150 e. The average Bonchev–Trinajstić information content (AvgIpc) is 2.32. The molecule has 0 unspecified atom stereocenters. The number of benzene rings is 1. The van der Waals surface area contributed by atoms with Crippen LogP contribution < -0.4 is 5.32 Å². The molecule has 1 heterocycles. The van der Waals surface area contributed by atoms with Gasteiger partial charge in [0.1, 0.15) is 9.84 Å². The summed E-state index contributed by atoms with van der Waals surface area (Å²) in [5.74, 6) is 0.649. The normalized spacial score (nSPS) is 21.7. The molecule has 1 aliphatic heterocycles. The van der Waals surface area contributed by atoms with Crippen molar-refractivity contribution >= 4 is 9.84 Å². The van der Waals surface area contributed by atoms with Crippen molar-refractivity contribution in [2.45, 2.75) is 38.8 Å². The Hall–Kier alpha value is -0.870. The predicted octanol–water partition coefficient (Wildman–Crippen LogP) is 2.22. The average molecular weight is 267 g/mol. The standard InChI is InChI=1S/C14H21NO2S/c1-11-4-3-5-13(10-11)12(2)15-14-6-8-18(16,17)9-7-14/h3-5,10,12,14-15H,6-9H2,1-2H3/t12-/m1/s1. The maximum absolute atomic E-state index is 11.4. The van der Waals surface area contributed by atoms with E-state index in [0.717, 1.165) is 12.8 Å². The van der Waals surface area contributed by atoms with Gasteiger partial charge in [0.05, 0.1) is 11.5 Å². The minimum atomic E-state index is -2.76. The number of aryl methyl sites for hydroxylation is 1. The van der Waals surface area contributed by atoms with Gasteiger partial charge in [0.25, 0.3) is 0 Å². The Morgan fingerprint density at radius 1 is 1.28 bits per heavy atom. The minimum Gasteiger partial charge on any atom is -0.307 e. The lowest BCUT2D eigenvalue weighted by molar-refractivity contribution is 0.420. The van der Waals surface area contributed by atoms with Crippen LogP contribution in [0.15, 0.2) is 24.3 Å². The van der Waals surface area contributed by atoms with Crippen LogP contribution in [0.4, 0.5) is 0 Å². The van der Waals surface area contributed by atoms with Crippen molar-refractivity contribution in [3.05, 3.63) is 35.4 Å². The summed E-state index contributed by atoms with van der Waals surface area (Å²) in [7, 11) is -2.76. The zero-order chi connectivity index (χ0) is 13.2. The molecule has 1 aliphatic rings. The van der Waals surface area contributed by atoms with Crippen LogP contribution in [0.5, 0.6) is 0 Å². The second-order valence-corrected chi connectivity index (χ2v) is 7.53. The first-order valence-corrected chi connectivity index (χ1v) is 8.31. The summed E-state index contributed by atoms with van der Waals surface area (Å²) in [6.07, 6.45) is 1.47. The zero-order valence-corrected chi connectivity index (χ0v) is 11.8. The molecule has 1 atom stereocenters. The number of hydrogen-bond donors (Lipinski definition) is 1. The Morgan fingerprint density at radius 2 is 1.94 bits per heavy atom. The molecular weight excluding hydrogens is 246 g/mol. The van der Waals surface area contributed by atoms with Gasteiger partial charge in [-0.1, -0.05) is 29.8 Å². The van der Waals surface area contributed by atoms with Crippen LogP contribution in [0.25, 0.3) is 0 Å². The highest BCUT2D eigenvalue weighted by Crippen LogP contribution is 2.19. The van der Waals surface area contributed by atoms with Crippen LogP contribution in [0.2, 0.25) is 0 Å². The topological polar surface area (TPSA) is 46.2 Å². The molecule has 1 N–H and O–H groups in total. The van der Waals surface area contributed by atoms with Crippen LogP contribution in [-0.4, -0.2) is 26.0 Å². The van der Waals surface area contributed by atoms with Crippen LogP contribution in [-0.2, 0) is 9.84 Å². The Morgan fingerprint density at radius 3 is 2.56 bits per heavy atom. The summed E-state index contributed by atoms with van der Waals surface area (Å²) in [5, 5.41) is 3.54. The van der Waals surface area contributed by atoms with Crippen LogP contribution in [0.3, 0.4) is 0 Å². The largest absolute Gasteiger partial charge is 0.307 e. The lowest BCUT2D eigenvalue weighted by atomic mass is 10.0. The molecule has 1 fully saturated rings. The zero-order valence-electron chi connectivity index (χ0n) is 11.0. The quantitative estimate of drug-likeness (QED) is 0.913. The van der Waals surface area contributed by atoms with E-state index in [1.807, 2.05) is 0 Å². The first-order chi connectivity index (χ1) is 8.46. The van der Waals surface area contributed by atoms with E-state index < -0.39 is 9.84 Å². The highest BCUT2D eigenvalue weighted by atomic mass is 32.2.